The summed E-state index contributed by atoms with van der Waals surface area (Å²) in [5.74, 6) is 0.494. The van der Waals surface area contributed by atoms with Crippen molar-refractivity contribution in [1.82, 2.24) is 14.2 Å². The van der Waals surface area contributed by atoms with Gasteiger partial charge in [0.1, 0.15) is 11.9 Å². The van der Waals surface area contributed by atoms with E-state index in [0.29, 0.717) is 43.1 Å². The van der Waals surface area contributed by atoms with E-state index in [0.717, 1.165) is 0 Å². The second kappa shape index (κ2) is 8.81. The average molecular weight is 428 g/mol. The van der Waals surface area contributed by atoms with E-state index in [2.05, 4.69) is 11.1 Å². The van der Waals surface area contributed by atoms with Crippen molar-refractivity contribution in [2.24, 2.45) is 0 Å². The molecule has 2 heterocycles. The van der Waals surface area contributed by atoms with Gasteiger partial charge in [0, 0.05) is 51.0 Å². The van der Waals surface area contributed by atoms with Crippen molar-refractivity contribution < 1.29 is 13.2 Å². The summed E-state index contributed by atoms with van der Waals surface area (Å²) in [6.45, 7) is 5.75. The van der Waals surface area contributed by atoms with Gasteiger partial charge in [-0.25, -0.2) is 13.4 Å². The third-order valence-corrected chi connectivity index (χ3v) is 7.33. The van der Waals surface area contributed by atoms with Crippen LogP contribution in [0.2, 0.25) is 0 Å². The molecule has 0 bridgehead atoms. The zero-order valence-electron chi connectivity index (χ0n) is 17.3. The van der Waals surface area contributed by atoms with Crippen LogP contribution >= 0.6 is 0 Å². The van der Waals surface area contributed by atoms with Crippen LogP contribution in [0.5, 0.6) is 0 Å². The summed E-state index contributed by atoms with van der Waals surface area (Å²) in [7, 11) is -2.04. The quantitative estimate of drug-likeness (QED) is 0.723. The van der Waals surface area contributed by atoms with Crippen LogP contribution in [-0.2, 0) is 10.0 Å². The predicted molar refractivity (Wildman–Crippen MR) is 114 cm³/mol. The number of aromatic nitrogens is 1. The van der Waals surface area contributed by atoms with Gasteiger partial charge in [0.25, 0.3) is 5.91 Å². The third-order valence-electron chi connectivity index (χ3n) is 5.28. The van der Waals surface area contributed by atoms with E-state index >= 15 is 0 Å². The maximum atomic E-state index is 12.8. The number of pyridine rings is 1. The molecule has 158 valence electrons. The lowest BCUT2D eigenvalue weighted by molar-refractivity contribution is 0.0746. The first kappa shape index (κ1) is 21.7. The Morgan fingerprint density at radius 2 is 1.77 bits per heavy atom. The number of carbonyl (C=O) groups excluding carboxylic acids is 1. The Morgan fingerprint density at radius 3 is 2.33 bits per heavy atom. The van der Waals surface area contributed by atoms with E-state index in [4.69, 9.17) is 0 Å². The lowest BCUT2D eigenvalue weighted by Crippen LogP contribution is -2.49. The zero-order chi connectivity index (χ0) is 21.9. The van der Waals surface area contributed by atoms with Crippen molar-refractivity contribution in [3.8, 4) is 6.07 Å². The van der Waals surface area contributed by atoms with Gasteiger partial charge in [-0.3, -0.25) is 4.79 Å². The highest BCUT2D eigenvalue weighted by molar-refractivity contribution is 7.89. The van der Waals surface area contributed by atoms with Gasteiger partial charge in [-0.05, 0) is 50.2 Å². The maximum absolute atomic E-state index is 12.8. The summed E-state index contributed by atoms with van der Waals surface area (Å²) in [5, 5.41) is 9.26. The number of carbonyl (C=O) groups is 1. The molecule has 2 aromatic rings. The van der Waals surface area contributed by atoms with E-state index in [1.54, 1.807) is 49.2 Å². The molecule has 0 aliphatic carbocycles. The van der Waals surface area contributed by atoms with Crippen molar-refractivity contribution in [3.05, 3.63) is 53.7 Å². The van der Waals surface area contributed by atoms with Crippen LogP contribution in [0.4, 0.5) is 5.82 Å². The van der Waals surface area contributed by atoms with Gasteiger partial charge in [-0.15, -0.1) is 0 Å². The van der Waals surface area contributed by atoms with Crippen LogP contribution in [0.3, 0.4) is 0 Å². The number of sulfonamides is 1. The van der Waals surface area contributed by atoms with Gasteiger partial charge in [0.15, 0.2) is 0 Å². The number of piperazine rings is 1. The number of nitrogens with zero attached hydrogens (tertiary/aromatic N) is 5. The Bertz CT molecular complexity index is 1050. The predicted octanol–water partition coefficient (Wildman–Crippen LogP) is 1.94. The van der Waals surface area contributed by atoms with Crippen molar-refractivity contribution in [1.29, 1.82) is 5.26 Å². The summed E-state index contributed by atoms with van der Waals surface area (Å²) in [6, 6.07) is 11.5. The standard InChI is InChI=1S/C21H25N5O3S/c1-16(2)24(3)30(28,29)19-8-6-17(7-9-19)21(27)26-13-11-25(12-14-26)20-18(15-22)5-4-10-23-20/h4-10,16H,11-14H2,1-3H3. The van der Waals surface area contributed by atoms with Gasteiger partial charge >= 0.3 is 0 Å². The van der Waals surface area contributed by atoms with E-state index in [-0.39, 0.29) is 16.8 Å². The molecule has 3 rings (SSSR count). The fourth-order valence-electron chi connectivity index (χ4n) is 3.25. The number of amides is 1. The number of hydrogen-bond donors (Lipinski definition) is 0. The van der Waals surface area contributed by atoms with E-state index in [1.165, 1.54) is 23.5 Å². The molecule has 1 aliphatic heterocycles. The van der Waals surface area contributed by atoms with Crippen molar-refractivity contribution in [2.45, 2.75) is 24.8 Å². The monoisotopic (exact) mass is 427 g/mol. The average Bonchev–Trinajstić information content (AvgIpc) is 2.78. The summed E-state index contributed by atoms with van der Waals surface area (Å²) in [6.07, 6.45) is 1.65. The molecule has 30 heavy (non-hydrogen) atoms. The highest BCUT2D eigenvalue weighted by Crippen LogP contribution is 2.20. The minimum absolute atomic E-state index is 0.141. The zero-order valence-corrected chi connectivity index (χ0v) is 18.1. The molecule has 9 heteroatoms. The number of rotatable bonds is 5. The SMILES string of the molecule is CC(C)N(C)S(=O)(=O)c1ccc(C(=O)N2CCN(c3ncccc3C#N)CC2)cc1. The summed E-state index contributed by atoms with van der Waals surface area (Å²) in [4.78, 5) is 21.0. The first-order valence-electron chi connectivity index (χ1n) is 9.73. The molecule has 1 saturated heterocycles. The third kappa shape index (κ3) is 4.30. The molecule has 0 spiro atoms. The highest BCUT2D eigenvalue weighted by Gasteiger charge is 2.26. The van der Waals surface area contributed by atoms with Gasteiger partial charge in [0.2, 0.25) is 10.0 Å². The van der Waals surface area contributed by atoms with Crippen molar-refractivity contribution in [2.75, 3.05) is 38.1 Å². The molecule has 1 aliphatic rings. The topological polar surface area (TPSA) is 97.6 Å². The molecule has 1 aromatic heterocycles. The molecule has 1 aromatic carbocycles. The van der Waals surface area contributed by atoms with Crippen molar-refractivity contribution in [3.63, 3.8) is 0 Å². The van der Waals surface area contributed by atoms with E-state index in [9.17, 15) is 18.5 Å². The molecular weight excluding hydrogens is 402 g/mol. The molecule has 8 nitrogen and oxygen atoms in total. The van der Waals surface area contributed by atoms with Crippen LogP contribution in [0.15, 0.2) is 47.5 Å². The number of benzene rings is 1. The number of hydrogen-bond acceptors (Lipinski definition) is 6. The Balaban J connectivity index is 1.68. The Hall–Kier alpha value is -2.96. The van der Waals surface area contributed by atoms with E-state index in [1.807, 2.05) is 4.90 Å². The molecule has 1 fully saturated rings. The van der Waals surface area contributed by atoms with Crippen LogP contribution in [0.1, 0.15) is 29.8 Å². The molecule has 0 atom stereocenters. The number of nitriles is 1. The number of anilines is 1. The molecule has 0 unspecified atom stereocenters. The van der Waals surface area contributed by atoms with Gasteiger partial charge in [-0.1, -0.05) is 0 Å². The smallest absolute Gasteiger partial charge is 0.253 e. The van der Waals surface area contributed by atoms with Gasteiger partial charge < -0.3 is 9.80 Å². The molecule has 0 N–H and O–H groups in total. The largest absolute Gasteiger partial charge is 0.352 e. The maximum Gasteiger partial charge on any atom is 0.253 e. The second-order valence-electron chi connectivity index (χ2n) is 7.40. The highest BCUT2D eigenvalue weighted by atomic mass is 32.2. The fraction of sp³-hybridized carbons (Fsp3) is 0.381. The minimum Gasteiger partial charge on any atom is -0.352 e. The van der Waals surface area contributed by atoms with Crippen LogP contribution < -0.4 is 4.90 Å². The molecule has 1 amide bonds. The van der Waals surface area contributed by atoms with Gasteiger partial charge in [0.05, 0.1) is 10.5 Å². The Kier molecular flexibility index (Phi) is 6.39. The second-order valence-corrected chi connectivity index (χ2v) is 9.40. The Labute approximate surface area is 177 Å². The normalized spacial score (nSPS) is 14.8. The first-order chi connectivity index (χ1) is 14.3. The van der Waals surface area contributed by atoms with Crippen LogP contribution in [0, 0.1) is 11.3 Å². The fourth-order valence-corrected chi connectivity index (χ4v) is 4.62. The first-order valence-corrected chi connectivity index (χ1v) is 11.2. The summed E-state index contributed by atoms with van der Waals surface area (Å²) < 4.78 is 26.5. The molecular formula is C21H25N5O3S. The van der Waals surface area contributed by atoms with Crippen LogP contribution in [-0.4, -0.2) is 67.8 Å². The Morgan fingerprint density at radius 1 is 1.13 bits per heavy atom. The lowest BCUT2D eigenvalue weighted by atomic mass is 10.1. The molecule has 0 radical (unpaired) electrons. The van der Waals surface area contributed by atoms with Gasteiger partial charge in [-0.2, -0.15) is 9.57 Å². The lowest BCUT2D eigenvalue weighted by Gasteiger charge is -2.35. The minimum atomic E-state index is -3.58. The summed E-state index contributed by atoms with van der Waals surface area (Å²) in [5.41, 5.74) is 0.964. The molecule has 0 saturated carbocycles. The van der Waals surface area contributed by atoms with Crippen LogP contribution in [0.25, 0.3) is 0 Å². The summed E-state index contributed by atoms with van der Waals surface area (Å²) >= 11 is 0. The van der Waals surface area contributed by atoms with E-state index < -0.39 is 10.0 Å². The van der Waals surface area contributed by atoms with Crippen molar-refractivity contribution >= 4 is 21.7 Å².